The molecule has 4 nitrogen and oxygen atoms in total. The Hall–Kier alpha value is -2.67. The molecule has 1 unspecified atom stereocenters. The van der Waals surface area contributed by atoms with Gasteiger partial charge in [0.05, 0.1) is 16.7 Å². The zero-order valence-electron chi connectivity index (χ0n) is 20.4. The third kappa shape index (κ3) is 4.36. The lowest BCUT2D eigenvalue weighted by Gasteiger charge is -2.47. The lowest BCUT2D eigenvalue weighted by atomic mass is 9.63. The monoisotopic (exact) mass is 518 g/mol. The molecule has 3 aliphatic rings. The number of nitrogens with zero attached hydrogens (tertiary/aromatic N) is 2. The van der Waals surface area contributed by atoms with Crippen molar-refractivity contribution in [2.75, 3.05) is 27.2 Å². The van der Waals surface area contributed by atoms with Crippen LogP contribution in [0.5, 0.6) is 5.75 Å². The number of alkyl halides is 3. The summed E-state index contributed by atoms with van der Waals surface area (Å²) in [4.78, 5) is 17.9. The molecule has 8 heteroatoms. The summed E-state index contributed by atoms with van der Waals surface area (Å²) in [6.45, 7) is 1.24. The lowest BCUT2D eigenvalue weighted by molar-refractivity contribution is -0.143. The molecule has 1 saturated carbocycles. The van der Waals surface area contributed by atoms with Crippen LogP contribution in [0.25, 0.3) is 0 Å². The molecule has 1 saturated heterocycles. The maximum Gasteiger partial charge on any atom is 0.416 e. The predicted molar refractivity (Wildman–Crippen MR) is 133 cm³/mol. The number of hydrogen-bond donors (Lipinski definition) is 0. The number of carbonyl (C=O) groups is 1. The second kappa shape index (κ2) is 9.02. The van der Waals surface area contributed by atoms with E-state index in [4.69, 9.17) is 16.3 Å². The van der Waals surface area contributed by atoms with Crippen LogP contribution in [-0.4, -0.2) is 48.5 Å². The second-order valence-corrected chi connectivity index (χ2v) is 10.8. The minimum absolute atomic E-state index is 0.0113. The lowest BCUT2D eigenvalue weighted by Crippen LogP contribution is -2.55. The first-order chi connectivity index (χ1) is 17.0. The minimum Gasteiger partial charge on any atom is -0.476 e. The zero-order valence-corrected chi connectivity index (χ0v) is 21.2. The summed E-state index contributed by atoms with van der Waals surface area (Å²) < 4.78 is 45.4. The number of likely N-dealkylation sites (N-methyl/N-ethyl adjacent to an activating group) is 1. The summed E-state index contributed by atoms with van der Waals surface area (Å²) in [5.41, 5.74) is 0.0602. The fourth-order valence-corrected chi connectivity index (χ4v) is 5.91. The topological polar surface area (TPSA) is 32.8 Å². The largest absolute Gasteiger partial charge is 0.476 e. The van der Waals surface area contributed by atoms with Crippen LogP contribution in [0, 0.1) is 5.92 Å². The van der Waals surface area contributed by atoms with Gasteiger partial charge >= 0.3 is 6.18 Å². The maximum absolute atomic E-state index is 13.9. The van der Waals surface area contributed by atoms with Gasteiger partial charge in [-0.1, -0.05) is 30.2 Å². The molecule has 2 aliphatic carbocycles. The van der Waals surface area contributed by atoms with E-state index in [1.54, 1.807) is 0 Å². The molecule has 0 radical (unpaired) electrons. The summed E-state index contributed by atoms with van der Waals surface area (Å²) in [7, 11) is 3.86. The van der Waals surface area contributed by atoms with E-state index in [0.29, 0.717) is 23.9 Å². The Morgan fingerprint density at radius 3 is 2.25 bits per heavy atom. The molecule has 2 fully saturated rings. The smallest absolute Gasteiger partial charge is 0.416 e. The molecule has 1 aliphatic heterocycles. The molecular weight excluding hydrogens is 489 g/mol. The van der Waals surface area contributed by atoms with Gasteiger partial charge in [-0.3, -0.25) is 4.79 Å². The Labute approximate surface area is 214 Å². The average Bonchev–Trinajstić information content (AvgIpc) is 3.55. The zero-order chi connectivity index (χ0) is 25.7. The Balaban J connectivity index is 1.36. The number of carbonyl (C=O) groups excluding carboxylic acids is 1. The quantitative estimate of drug-likeness (QED) is 0.450. The number of benzene rings is 2. The van der Waals surface area contributed by atoms with Gasteiger partial charge in [0.25, 0.3) is 0 Å². The average molecular weight is 519 g/mol. The van der Waals surface area contributed by atoms with Crippen LogP contribution in [-0.2, 0) is 16.4 Å². The van der Waals surface area contributed by atoms with Crippen LogP contribution in [0.2, 0.25) is 5.02 Å². The van der Waals surface area contributed by atoms with Gasteiger partial charge in [0.1, 0.15) is 5.75 Å². The van der Waals surface area contributed by atoms with Gasteiger partial charge in [0, 0.05) is 38.1 Å². The molecule has 0 bridgehead atoms. The number of rotatable bonds is 6. The van der Waals surface area contributed by atoms with Crippen molar-refractivity contribution in [2.24, 2.45) is 5.92 Å². The minimum atomic E-state index is -4.39. The number of amides is 1. The van der Waals surface area contributed by atoms with Crippen LogP contribution in [0.1, 0.15) is 43.2 Å². The van der Waals surface area contributed by atoms with Crippen molar-refractivity contribution >= 4 is 17.5 Å². The third-order valence-corrected chi connectivity index (χ3v) is 8.20. The molecule has 0 N–H and O–H groups in total. The number of halogens is 4. The van der Waals surface area contributed by atoms with Gasteiger partial charge < -0.3 is 14.5 Å². The van der Waals surface area contributed by atoms with Crippen molar-refractivity contribution < 1.29 is 22.7 Å². The predicted octanol–water partition coefficient (Wildman–Crippen LogP) is 6.30. The van der Waals surface area contributed by atoms with Crippen LogP contribution in [0.3, 0.4) is 0 Å². The molecule has 1 amide bonds. The SMILES string of the molecule is CN(C)C1=CC1(Oc1ccc(C(F)(F)F)cc1)[C@@H]1CCCN(C(=O)C2(c3ccc(Cl)cc3)CCC2)C1. The first kappa shape index (κ1) is 25.0. The van der Waals surface area contributed by atoms with Crippen LogP contribution >= 0.6 is 11.6 Å². The van der Waals surface area contributed by atoms with Crippen LogP contribution < -0.4 is 4.74 Å². The first-order valence-corrected chi connectivity index (χ1v) is 12.8. The van der Waals surface area contributed by atoms with Crippen LogP contribution in [0.15, 0.2) is 60.3 Å². The van der Waals surface area contributed by atoms with Gasteiger partial charge in [-0.15, -0.1) is 0 Å². The second-order valence-electron chi connectivity index (χ2n) is 10.4. The van der Waals surface area contributed by atoms with Gasteiger partial charge in [-0.25, -0.2) is 0 Å². The molecule has 1 heterocycles. The summed E-state index contributed by atoms with van der Waals surface area (Å²) in [5, 5.41) is 0.650. The molecule has 5 rings (SSSR count). The summed E-state index contributed by atoms with van der Waals surface area (Å²) in [6, 6.07) is 12.4. The molecule has 0 spiro atoms. The van der Waals surface area contributed by atoms with E-state index in [1.807, 2.05) is 54.2 Å². The van der Waals surface area contributed by atoms with Gasteiger partial charge in [-0.05, 0) is 73.7 Å². The van der Waals surface area contributed by atoms with Gasteiger partial charge in [0.2, 0.25) is 5.91 Å². The van der Waals surface area contributed by atoms with Crippen molar-refractivity contribution in [3.63, 3.8) is 0 Å². The summed E-state index contributed by atoms with van der Waals surface area (Å²) in [5.74, 6) is 0.547. The number of likely N-dealkylation sites (tertiary alicyclic amines) is 1. The van der Waals surface area contributed by atoms with Crippen molar-refractivity contribution in [2.45, 2.75) is 49.3 Å². The Bertz CT molecular complexity index is 1160. The standard InChI is InChI=1S/C28H30ClF3N2O2/c1-33(2)24-17-27(24,36-23-12-8-20(9-13-23)28(30,31)32)21-5-3-16-34(18-21)25(35)26(14-4-15-26)19-6-10-22(29)11-7-19/h6-13,17,21H,3-5,14-16,18H2,1-2H3/t21-,27?/m1/s1. The Morgan fingerprint density at radius 2 is 1.72 bits per heavy atom. The van der Waals surface area contributed by atoms with Gasteiger partial charge in [-0.2, -0.15) is 13.2 Å². The Morgan fingerprint density at radius 1 is 1.06 bits per heavy atom. The highest BCUT2D eigenvalue weighted by Gasteiger charge is 2.57. The van der Waals surface area contributed by atoms with Crippen molar-refractivity contribution in [1.82, 2.24) is 9.80 Å². The summed E-state index contributed by atoms with van der Waals surface area (Å²) in [6.07, 6.45) is 2.01. The molecule has 2 aromatic rings. The van der Waals surface area contributed by atoms with E-state index in [9.17, 15) is 18.0 Å². The molecule has 0 aromatic heterocycles. The highest BCUT2D eigenvalue weighted by atomic mass is 35.5. The Kier molecular flexibility index (Phi) is 6.26. The highest BCUT2D eigenvalue weighted by molar-refractivity contribution is 6.30. The number of piperidine rings is 1. The summed E-state index contributed by atoms with van der Waals surface area (Å²) >= 11 is 6.09. The van der Waals surface area contributed by atoms with Crippen molar-refractivity contribution in [3.8, 4) is 5.75 Å². The maximum atomic E-state index is 13.9. The first-order valence-electron chi connectivity index (χ1n) is 12.4. The van der Waals surface area contributed by atoms with E-state index in [-0.39, 0.29) is 11.8 Å². The van der Waals surface area contributed by atoms with E-state index >= 15 is 0 Å². The number of hydrogen-bond acceptors (Lipinski definition) is 3. The van der Waals surface area contributed by atoms with Gasteiger partial charge in [0.15, 0.2) is 5.60 Å². The van der Waals surface area contributed by atoms with E-state index in [2.05, 4.69) is 0 Å². The molecule has 192 valence electrons. The van der Waals surface area contributed by atoms with E-state index in [1.165, 1.54) is 12.1 Å². The molecule has 36 heavy (non-hydrogen) atoms. The highest BCUT2D eigenvalue weighted by Crippen LogP contribution is 2.51. The molecule has 2 aromatic carbocycles. The van der Waals surface area contributed by atoms with Crippen molar-refractivity contribution in [1.29, 1.82) is 0 Å². The van der Waals surface area contributed by atoms with E-state index in [0.717, 1.165) is 55.5 Å². The van der Waals surface area contributed by atoms with Crippen molar-refractivity contribution in [3.05, 3.63) is 76.5 Å². The third-order valence-electron chi connectivity index (χ3n) is 7.95. The number of ether oxygens (including phenoxy) is 1. The molecular formula is C28H30ClF3N2O2. The molecule has 2 atom stereocenters. The van der Waals surface area contributed by atoms with Crippen LogP contribution in [0.4, 0.5) is 13.2 Å². The normalized spacial score (nSPS) is 25.0. The van der Waals surface area contributed by atoms with E-state index < -0.39 is 22.8 Å². The fourth-order valence-electron chi connectivity index (χ4n) is 5.78. The fraction of sp³-hybridized carbons (Fsp3) is 0.464.